The van der Waals surface area contributed by atoms with Crippen LogP contribution in [-0.2, 0) is 4.79 Å². The number of hydrogen-bond donors (Lipinski definition) is 2. The molecule has 0 fully saturated rings. The van der Waals surface area contributed by atoms with Gasteiger partial charge in [-0.25, -0.2) is 0 Å². The second-order valence-electron chi connectivity index (χ2n) is 3.18. The highest BCUT2D eigenvalue weighted by molar-refractivity contribution is 7.99. The summed E-state index contributed by atoms with van der Waals surface area (Å²) >= 11 is 0.432. The predicted octanol–water partition coefficient (Wildman–Crippen LogP) is 2.29. The van der Waals surface area contributed by atoms with Crippen molar-refractivity contribution in [2.24, 2.45) is 5.73 Å². The van der Waals surface area contributed by atoms with Gasteiger partial charge in [0.15, 0.2) is 0 Å². The van der Waals surface area contributed by atoms with Gasteiger partial charge in [-0.05, 0) is 25.1 Å². The standard InChI is InChI=1S/C10H12F2N2OS/c1-6(13)9(15)14-7-3-2-4-8(5-7)16-10(11)12/h2-6,10H,13H2,1H3,(H,14,15)/t6-/m0/s1. The number of nitrogens with two attached hydrogens (primary N) is 1. The van der Waals surface area contributed by atoms with Crippen LogP contribution in [0.25, 0.3) is 0 Å². The van der Waals surface area contributed by atoms with Crippen LogP contribution in [0.15, 0.2) is 29.2 Å². The number of rotatable bonds is 4. The molecule has 3 nitrogen and oxygen atoms in total. The maximum atomic E-state index is 12.1. The van der Waals surface area contributed by atoms with Crippen molar-refractivity contribution < 1.29 is 13.6 Å². The lowest BCUT2D eigenvalue weighted by Crippen LogP contribution is -2.32. The molecule has 1 aromatic rings. The molecule has 0 radical (unpaired) electrons. The van der Waals surface area contributed by atoms with E-state index in [1.165, 1.54) is 6.07 Å². The normalized spacial score (nSPS) is 12.6. The number of nitrogens with one attached hydrogen (secondary N) is 1. The Hall–Kier alpha value is -1.14. The van der Waals surface area contributed by atoms with Crippen LogP contribution in [0.5, 0.6) is 0 Å². The third-order valence-corrected chi connectivity index (χ3v) is 2.44. The van der Waals surface area contributed by atoms with Gasteiger partial charge < -0.3 is 11.1 Å². The number of carbonyl (C=O) groups excluding carboxylic acids is 1. The third kappa shape index (κ3) is 4.16. The molecule has 16 heavy (non-hydrogen) atoms. The number of alkyl halides is 2. The van der Waals surface area contributed by atoms with Crippen molar-refractivity contribution in [3.05, 3.63) is 24.3 Å². The Labute approximate surface area is 96.4 Å². The Morgan fingerprint density at radius 1 is 1.50 bits per heavy atom. The number of anilines is 1. The monoisotopic (exact) mass is 246 g/mol. The van der Waals surface area contributed by atoms with Crippen molar-refractivity contribution in [2.45, 2.75) is 23.6 Å². The van der Waals surface area contributed by atoms with E-state index >= 15 is 0 Å². The van der Waals surface area contributed by atoms with E-state index in [-0.39, 0.29) is 5.91 Å². The van der Waals surface area contributed by atoms with Crippen LogP contribution in [0.2, 0.25) is 0 Å². The molecule has 0 saturated heterocycles. The van der Waals surface area contributed by atoms with Crippen molar-refractivity contribution >= 4 is 23.4 Å². The predicted molar refractivity (Wildman–Crippen MR) is 60.6 cm³/mol. The molecule has 1 atom stereocenters. The SMILES string of the molecule is C[C@H](N)C(=O)Nc1cccc(SC(F)F)c1. The van der Waals surface area contributed by atoms with E-state index in [1.807, 2.05) is 0 Å². The van der Waals surface area contributed by atoms with E-state index in [0.717, 1.165) is 0 Å². The van der Waals surface area contributed by atoms with Crippen LogP contribution in [0.4, 0.5) is 14.5 Å². The first-order chi connectivity index (χ1) is 7.49. The molecule has 0 unspecified atom stereocenters. The summed E-state index contributed by atoms with van der Waals surface area (Å²) in [5.74, 6) is -2.82. The number of thioether (sulfide) groups is 1. The molecule has 0 spiro atoms. The van der Waals surface area contributed by atoms with E-state index in [4.69, 9.17) is 5.73 Å². The lowest BCUT2D eigenvalue weighted by molar-refractivity contribution is -0.117. The number of halogens is 2. The Bertz CT molecular complexity index is 372. The van der Waals surface area contributed by atoms with Gasteiger partial charge in [-0.1, -0.05) is 17.8 Å². The first kappa shape index (κ1) is 12.9. The fraction of sp³-hybridized carbons (Fsp3) is 0.300. The van der Waals surface area contributed by atoms with Crippen molar-refractivity contribution in [1.82, 2.24) is 0 Å². The maximum Gasteiger partial charge on any atom is 0.288 e. The third-order valence-electron chi connectivity index (χ3n) is 1.74. The molecule has 3 N–H and O–H groups in total. The lowest BCUT2D eigenvalue weighted by atomic mass is 10.3. The minimum Gasteiger partial charge on any atom is -0.325 e. The van der Waals surface area contributed by atoms with Gasteiger partial charge in [0.25, 0.3) is 5.76 Å². The van der Waals surface area contributed by atoms with Gasteiger partial charge in [-0.2, -0.15) is 8.78 Å². The molecule has 0 bridgehead atoms. The molecule has 0 saturated carbocycles. The first-order valence-electron chi connectivity index (χ1n) is 4.60. The largest absolute Gasteiger partial charge is 0.325 e. The quantitative estimate of drug-likeness (QED) is 0.801. The van der Waals surface area contributed by atoms with E-state index in [9.17, 15) is 13.6 Å². The van der Waals surface area contributed by atoms with Crippen LogP contribution >= 0.6 is 11.8 Å². The molecule has 0 heterocycles. The number of amides is 1. The summed E-state index contributed by atoms with van der Waals surface area (Å²) in [6, 6.07) is 5.62. The van der Waals surface area contributed by atoms with Gasteiger partial charge in [-0.3, -0.25) is 4.79 Å². The van der Waals surface area contributed by atoms with E-state index < -0.39 is 11.8 Å². The molecule has 0 aromatic heterocycles. The van der Waals surface area contributed by atoms with Crippen LogP contribution in [0.1, 0.15) is 6.92 Å². The Morgan fingerprint density at radius 2 is 2.19 bits per heavy atom. The van der Waals surface area contributed by atoms with Crippen LogP contribution in [0, 0.1) is 0 Å². The zero-order valence-corrected chi connectivity index (χ0v) is 9.43. The lowest BCUT2D eigenvalue weighted by Gasteiger charge is -2.08. The molecule has 0 aliphatic rings. The molecule has 88 valence electrons. The topological polar surface area (TPSA) is 55.1 Å². The summed E-state index contributed by atoms with van der Waals surface area (Å²) < 4.78 is 24.2. The zero-order chi connectivity index (χ0) is 12.1. The van der Waals surface area contributed by atoms with Gasteiger partial charge >= 0.3 is 0 Å². The summed E-state index contributed by atoms with van der Waals surface area (Å²) in [5.41, 5.74) is 5.83. The highest BCUT2D eigenvalue weighted by Gasteiger charge is 2.09. The minimum absolute atomic E-state index is 0.348. The van der Waals surface area contributed by atoms with Crippen LogP contribution in [0.3, 0.4) is 0 Å². The second-order valence-corrected chi connectivity index (χ2v) is 4.25. The van der Waals surface area contributed by atoms with Gasteiger partial charge in [0.05, 0.1) is 6.04 Å². The van der Waals surface area contributed by atoms with Gasteiger partial charge in [0.1, 0.15) is 0 Å². The molecule has 1 amide bonds. The average molecular weight is 246 g/mol. The van der Waals surface area contributed by atoms with Crippen molar-refractivity contribution in [1.29, 1.82) is 0 Å². The number of carbonyl (C=O) groups is 1. The summed E-state index contributed by atoms with van der Waals surface area (Å²) in [6.45, 7) is 1.55. The number of hydrogen-bond acceptors (Lipinski definition) is 3. The molecule has 6 heteroatoms. The fourth-order valence-corrected chi connectivity index (χ4v) is 1.56. The van der Waals surface area contributed by atoms with Gasteiger partial charge in [0, 0.05) is 10.6 Å². The molecular formula is C10H12F2N2OS. The smallest absolute Gasteiger partial charge is 0.288 e. The van der Waals surface area contributed by atoms with Crippen molar-refractivity contribution in [2.75, 3.05) is 5.32 Å². The van der Waals surface area contributed by atoms with E-state index in [1.54, 1.807) is 25.1 Å². The number of benzene rings is 1. The van der Waals surface area contributed by atoms with Crippen LogP contribution in [-0.4, -0.2) is 17.7 Å². The molecule has 1 rings (SSSR count). The summed E-state index contributed by atoms with van der Waals surface area (Å²) in [6.07, 6.45) is 0. The highest BCUT2D eigenvalue weighted by atomic mass is 32.2. The molecule has 1 aromatic carbocycles. The summed E-state index contributed by atoms with van der Waals surface area (Å²) in [7, 11) is 0. The maximum absolute atomic E-state index is 12.1. The minimum atomic E-state index is -2.47. The highest BCUT2D eigenvalue weighted by Crippen LogP contribution is 2.27. The average Bonchev–Trinajstić information content (AvgIpc) is 2.16. The van der Waals surface area contributed by atoms with Crippen molar-refractivity contribution in [3.8, 4) is 0 Å². The van der Waals surface area contributed by atoms with Crippen molar-refractivity contribution in [3.63, 3.8) is 0 Å². The van der Waals surface area contributed by atoms with Gasteiger partial charge in [-0.15, -0.1) is 0 Å². The summed E-state index contributed by atoms with van der Waals surface area (Å²) in [5, 5.41) is 2.53. The first-order valence-corrected chi connectivity index (χ1v) is 5.48. The van der Waals surface area contributed by atoms with E-state index in [0.29, 0.717) is 22.3 Å². The van der Waals surface area contributed by atoms with Gasteiger partial charge in [0.2, 0.25) is 5.91 Å². The zero-order valence-electron chi connectivity index (χ0n) is 8.61. The molecular weight excluding hydrogens is 234 g/mol. The fourth-order valence-electron chi connectivity index (χ4n) is 1.01. The molecule has 0 aliphatic carbocycles. The summed E-state index contributed by atoms with van der Waals surface area (Å²) in [4.78, 5) is 11.7. The Balaban J connectivity index is 2.71. The Morgan fingerprint density at radius 3 is 2.75 bits per heavy atom. The second kappa shape index (κ2) is 5.81. The van der Waals surface area contributed by atoms with Crippen LogP contribution < -0.4 is 11.1 Å². The Kier molecular flexibility index (Phi) is 4.70. The molecule has 0 aliphatic heterocycles. The van der Waals surface area contributed by atoms with E-state index in [2.05, 4.69) is 5.32 Å².